The lowest BCUT2D eigenvalue weighted by atomic mass is 9.94. The minimum absolute atomic E-state index is 0.212. The van der Waals surface area contributed by atoms with E-state index in [1.807, 2.05) is 30.3 Å². The molecule has 0 radical (unpaired) electrons. The van der Waals surface area contributed by atoms with Gasteiger partial charge in [-0.05, 0) is 19.8 Å². The van der Waals surface area contributed by atoms with E-state index in [0.717, 1.165) is 44.1 Å². The van der Waals surface area contributed by atoms with Crippen LogP contribution in [-0.4, -0.2) is 28.3 Å². The van der Waals surface area contributed by atoms with Crippen LogP contribution in [0.1, 0.15) is 54.6 Å². The van der Waals surface area contributed by atoms with Gasteiger partial charge >= 0.3 is 0 Å². The Morgan fingerprint density at radius 3 is 2.62 bits per heavy atom. The molecule has 2 N–H and O–H groups in total. The van der Waals surface area contributed by atoms with E-state index in [-0.39, 0.29) is 11.9 Å². The summed E-state index contributed by atoms with van der Waals surface area (Å²) < 4.78 is 5.26. The molecule has 1 heterocycles. The number of aromatic nitrogens is 1. The molecule has 24 heavy (non-hydrogen) atoms. The van der Waals surface area contributed by atoms with E-state index < -0.39 is 6.10 Å². The molecule has 1 amide bonds. The molecule has 2 aromatic rings. The number of benzene rings is 1. The lowest BCUT2D eigenvalue weighted by molar-refractivity contribution is 0.0770. The third-order valence-electron chi connectivity index (χ3n) is 4.68. The molecule has 1 aromatic carbocycles. The zero-order valence-corrected chi connectivity index (χ0v) is 14.0. The molecular weight excluding hydrogens is 304 g/mol. The van der Waals surface area contributed by atoms with Gasteiger partial charge in [-0.15, -0.1) is 0 Å². The summed E-state index contributed by atoms with van der Waals surface area (Å²) in [5.74, 6) is 0.268. The highest BCUT2D eigenvalue weighted by atomic mass is 16.5. The summed E-state index contributed by atoms with van der Waals surface area (Å²) in [6.45, 7) is 1.74. The Kier molecular flexibility index (Phi) is 5.30. The average molecular weight is 328 g/mol. The third kappa shape index (κ3) is 3.67. The van der Waals surface area contributed by atoms with Gasteiger partial charge in [0, 0.05) is 5.56 Å². The maximum atomic E-state index is 12.8. The Bertz CT molecular complexity index is 681. The van der Waals surface area contributed by atoms with Gasteiger partial charge in [-0.2, -0.15) is 0 Å². The Morgan fingerprint density at radius 2 is 1.88 bits per heavy atom. The zero-order valence-electron chi connectivity index (χ0n) is 14.0. The van der Waals surface area contributed by atoms with Gasteiger partial charge in [-0.1, -0.05) is 61.2 Å². The second kappa shape index (κ2) is 7.62. The fraction of sp³-hybridized carbons (Fsp3) is 0.474. The summed E-state index contributed by atoms with van der Waals surface area (Å²) in [5, 5.41) is 17.4. The molecule has 0 bridgehead atoms. The Balaban J connectivity index is 1.81. The first-order chi connectivity index (χ1) is 11.7. The van der Waals surface area contributed by atoms with Crippen molar-refractivity contribution in [1.29, 1.82) is 0 Å². The van der Waals surface area contributed by atoms with Gasteiger partial charge in [0.2, 0.25) is 0 Å². The van der Waals surface area contributed by atoms with Crippen molar-refractivity contribution in [2.45, 2.75) is 57.6 Å². The van der Waals surface area contributed by atoms with Gasteiger partial charge in [0.15, 0.2) is 0 Å². The number of rotatable bonds is 3. The van der Waals surface area contributed by atoms with E-state index >= 15 is 0 Å². The van der Waals surface area contributed by atoms with Crippen molar-refractivity contribution in [3.05, 3.63) is 41.7 Å². The highest BCUT2D eigenvalue weighted by molar-refractivity contribution is 6.00. The van der Waals surface area contributed by atoms with Crippen LogP contribution in [0.3, 0.4) is 0 Å². The maximum absolute atomic E-state index is 12.8. The van der Waals surface area contributed by atoms with E-state index in [0.29, 0.717) is 17.0 Å². The number of carbonyl (C=O) groups excluding carboxylic acids is 1. The predicted octanol–water partition coefficient (Wildman–Crippen LogP) is 3.46. The van der Waals surface area contributed by atoms with Crippen molar-refractivity contribution in [2.24, 2.45) is 0 Å². The van der Waals surface area contributed by atoms with E-state index in [1.54, 1.807) is 6.92 Å². The highest BCUT2D eigenvalue weighted by Crippen LogP contribution is 2.26. The topological polar surface area (TPSA) is 75.4 Å². The number of nitrogens with one attached hydrogen (secondary N) is 1. The van der Waals surface area contributed by atoms with Crippen molar-refractivity contribution in [3.63, 3.8) is 0 Å². The number of hydrogen-bond acceptors (Lipinski definition) is 4. The molecule has 5 heteroatoms. The van der Waals surface area contributed by atoms with Crippen molar-refractivity contribution >= 4 is 5.91 Å². The summed E-state index contributed by atoms with van der Waals surface area (Å²) in [5.41, 5.74) is 1.85. The number of aryl methyl sites for hydroxylation is 1. The summed E-state index contributed by atoms with van der Waals surface area (Å²) in [6.07, 6.45) is 5.39. The van der Waals surface area contributed by atoms with Crippen LogP contribution in [0.15, 0.2) is 34.9 Å². The summed E-state index contributed by atoms with van der Waals surface area (Å²) >= 11 is 0. The van der Waals surface area contributed by atoms with Gasteiger partial charge in [0.1, 0.15) is 17.0 Å². The fourth-order valence-electron chi connectivity index (χ4n) is 3.31. The third-order valence-corrected chi connectivity index (χ3v) is 4.68. The number of carbonyl (C=O) groups is 1. The van der Waals surface area contributed by atoms with Crippen LogP contribution in [0.5, 0.6) is 0 Å². The summed E-state index contributed by atoms with van der Waals surface area (Å²) in [6, 6.07) is 9.31. The molecule has 2 atom stereocenters. The van der Waals surface area contributed by atoms with Crippen molar-refractivity contribution in [3.8, 4) is 11.3 Å². The van der Waals surface area contributed by atoms with Crippen molar-refractivity contribution in [1.82, 2.24) is 10.5 Å². The highest BCUT2D eigenvalue weighted by Gasteiger charge is 2.27. The maximum Gasteiger partial charge on any atom is 0.257 e. The van der Waals surface area contributed by atoms with E-state index in [4.69, 9.17) is 4.52 Å². The minimum atomic E-state index is -0.491. The Morgan fingerprint density at radius 1 is 1.17 bits per heavy atom. The Hall–Kier alpha value is -2.14. The molecule has 0 spiro atoms. The molecule has 1 aliphatic rings. The second-order valence-corrected chi connectivity index (χ2v) is 6.47. The summed E-state index contributed by atoms with van der Waals surface area (Å²) in [4.78, 5) is 12.8. The van der Waals surface area contributed by atoms with Crippen LogP contribution >= 0.6 is 0 Å². The van der Waals surface area contributed by atoms with Crippen LogP contribution in [0.4, 0.5) is 0 Å². The molecule has 3 rings (SSSR count). The van der Waals surface area contributed by atoms with E-state index in [2.05, 4.69) is 10.5 Å². The van der Waals surface area contributed by atoms with Gasteiger partial charge in [-0.25, -0.2) is 0 Å². The molecule has 0 unspecified atom stereocenters. The lowest BCUT2D eigenvalue weighted by Crippen LogP contribution is -2.44. The van der Waals surface area contributed by atoms with Crippen molar-refractivity contribution in [2.75, 3.05) is 0 Å². The van der Waals surface area contributed by atoms with Crippen LogP contribution < -0.4 is 5.32 Å². The molecule has 1 aliphatic carbocycles. The van der Waals surface area contributed by atoms with Crippen LogP contribution in [0, 0.1) is 6.92 Å². The van der Waals surface area contributed by atoms with Crippen molar-refractivity contribution < 1.29 is 14.4 Å². The number of nitrogens with zero attached hydrogens (tertiary/aromatic N) is 1. The van der Waals surface area contributed by atoms with Crippen LogP contribution in [-0.2, 0) is 0 Å². The first kappa shape index (κ1) is 16.7. The van der Waals surface area contributed by atoms with Gasteiger partial charge in [0.25, 0.3) is 5.91 Å². The molecule has 1 aromatic heterocycles. The quantitative estimate of drug-likeness (QED) is 0.905. The normalized spacial score (nSPS) is 21.8. The molecule has 0 aliphatic heterocycles. The van der Waals surface area contributed by atoms with E-state index in [1.165, 1.54) is 0 Å². The summed E-state index contributed by atoms with van der Waals surface area (Å²) in [7, 11) is 0. The molecular formula is C19H24N2O3. The standard InChI is InChI=1S/C19H24N2O3/c1-13-17(18(21-24-13)14-9-5-4-6-10-14)19(23)20-15-11-7-2-3-8-12-16(15)22/h4-6,9-10,15-16,22H,2-3,7-8,11-12H2,1H3,(H,20,23)/t15-,16-/m0/s1. The number of hydrogen-bond donors (Lipinski definition) is 2. The monoisotopic (exact) mass is 328 g/mol. The molecule has 1 fully saturated rings. The van der Waals surface area contributed by atoms with Gasteiger partial charge in [-0.3, -0.25) is 4.79 Å². The molecule has 5 nitrogen and oxygen atoms in total. The molecule has 1 saturated carbocycles. The smallest absolute Gasteiger partial charge is 0.257 e. The average Bonchev–Trinajstić information content (AvgIpc) is 2.97. The number of amides is 1. The predicted molar refractivity (Wildman–Crippen MR) is 91.6 cm³/mol. The fourth-order valence-corrected chi connectivity index (χ4v) is 3.31. The Labute approximate surface area is 142 Å². The van der Waals surface area contributed by atoms with Gasteiger partial charge < -0.3 is 14.9 Å². The second-order valence-electron chi connectivity index (χ2n) is 6.47. The lowest BCUT2D eigenvalue weighted by Gasteiger charge is -2.26. The number of aliphatic hydroxyl groups is 1. The zero-order chi connectivity index (χ0) is 16.9. The largest absolute Gasteiger partial charge is 0.391 e. The first-order valence-corrected chi connectivity index (χ1v) is 8.67. The van der Waals surface area contributed by atoms with Gasteiger partial charge in [0.05, 0.1) is 12.1 Å². The molecule has 128 valence electrons. The first-order valence-electron chi connectivity index (χ1n) is 8.67. The van der Waals surface area contributed by atoms with Crippen LogP contribution in [0.2, 0.25) is 0 Å². The molecule has 0 saturated heterocycles. The van der Waals surface area contributed by atoms with Crippen LogP contribution in [0.25, 0.3) is 11.3 Å². The number of aliphatic hydroxyl groups excluding tert-OH is 1. The van der Waals surface area contributed by atoms with E-state index in [9.17, 15) is 9.90 Å². The SMILES string of the molecule is Cc1onc(-c2ccccc2)c1C(=O)N[C@H]1CCCCCC[C@@H]1O. The minimum Gasteiger partial charge on any atom is -0.391 e.